The topological polar surface area (TPSA) is 49.4 Å². The molecule has 1 saturated heterocycles. The van der Waals surface area contributed by atoms with Crippen LogP contribution in [0, 0.1) is 12.8 Å². The van der Waals surface area contributed by atoms with Gasteiger partial charge in [0.25, 0.3) is 5.91 Å². The number of hydrogen-bond acceptors (Lipinski definition) is 2. The summed E-state index contributed by atoms with van der Waals surface area (Å²) in [6.07, 6.45) is 1.18. The number of likely N-dealkylation sites (tertiary alicyclic amines) is 1. The number of carbonyl (C=O) groups excluding carboxylic acids is 2. The molecule has 2 amide bonds. The van der Waals surface area contributed by atoms with Crippen molar-refractivity contribution in [3.63, 3.8) is 0 Å². The van der Waals surface area contributed by atoms with Crippen LogP contribution in [0.15, 0.2) is 24.3 Å². The minimum absolute atomic E-state index is 0.00550. The fourth-order valence-corrected chi connectivity index (χ4v) is 3.07. The number of amides is 2. The first-order valence-corrected chi connectivity index (χ1v) is 7.85. The number of aryl methyl sites for hydroxylation is 1. The number of nitrogens with one attached hydrogen (secondary N) is 1. The summed E-state index contributed by atoms with van der Waals surface area (Å²) in [6.45, 7) is 3.05. The molecule has 0 spiro atoms. The number of halogens is 1. The van der Waals surface area contributed by atoms with Crippen LogP contribution < -0.4 is 5.32 Å². The number of nitrogens with zero attached hydrogens (tertiary/aromatic N) is 1. The maximum atomic E-state index is 13.1. The Kier molecular flexibility index (Phi) is 4.14. The molecule has 1 heterocycles. The molecule has 5 heteroatoms. The molecular formula is C17H21FN2O2. The maximum absolute atomic E-state index is 13.1. The zero-order chi connectivity index (χ0) is 15.7. The molecule has 22 heavy (non-hydrogen) atoms. The number of carbonyl (C=O) groups is 2. The Morgan fingerprint density at radius 2 is 2.18 bits per heavy atom. The Morgan fingerprint density at radius 3 is 2.86 bits per heavy atom. The van der Waals surface area contributed by atoms with E-state index < -0.39 is 12.1 Å². The molecule has 1 N–H and O–H groups in total. The molecule has 1 aromatic rings. The van der Waals surface area contributed by atoms with Gasteiger partial charge in [0, 0.05) is 24.7 Å². The van der Waals surface area contributed by atoms with Crippen molar-refractivity contribution in [3.8, 4) is 0 Å². The molecular weight excluding hydrogens is 283 g/mol. The van der Waals surface area contributed by atoms with Crippen molar-refractivity contribution in [1.29, 1.82) is 0 Å². The van der Waals surface area contributed by atoms with E-state index in [1.807, 2.05) is 25.1 Å². The maximum Gasteiger partial charge on any atom is 0.251 e. The van der Waals surface area contributed by atoms with Crippen molar-refractivity contribution >= 4 is 11.8 Å². The minimum Gasteiger partial charge on any atom is -0.350 e. The molecule has 4 nitrogen and oxygen atoms in total. The van der Waals surface area contributed by atoms with Gasteiger partial charge in [0.05, 0.1) is 5.92 Å². The second-order valence-electron chi connectivity index (χ2n) is 6.27. The van der Waals surface area contributed by atoms with Crippen LogP contribution in [0.5, 0.6) is 0 Å². The molecule has 1 aliphatic carbocycles. The van der Waals surface area contributed by atoms with E-state index in [0.29, 0.717) is 25.1 Å². The van der Waals surface area contributed by atoms with Gasteiger partial charge in [-0.3, -0.25) is 9.59 Å². The molecule has 3 rings (SSSR count). The summed E-state index contributed by atoms with van der Waals surface area (Å²) in [5.74, 6) is -0.648. The quantitative estimate of drug-likeness (QED) is 0.926. The Morgan fingerprint density at radius 1 is 1.41 bits per heavy atom. The largest absolute Gasteiger partial charge is 0.350 e. The third kappa shape index (κ3) is 3.13. The lowest BCUT2D eigenvalue weighted by Gasteiger charge is -2.25. The summed E-state index contributed by atoms with van der Waals surface area (Å²) in [7, 11) is 0. The lowest BCUT2D eigenvalue weighted by atomic mass is 10.1. The van der Waals surface area contributed by atoms with Gasteiger partial charge in [-0.25, -0.2) is 4.39 Å². The molecule has 0 unspecified atom stereocenters. The van der Waals surface area contributed by atoms with Crippen LogP contribution in [-0.2, 0) is 4.79 Å². The van der Waals surface area contributed by atoms with Crippen LogP contribution >= 0.6 is 0 Å². The number of benzene rings is 1. The van der Waals surface area contributed by atoms with E-state index >= 15 is 0 Å². The van der Waals surface area contributed by atoms with Crippen molar-refractivity contribution in [2.24, 2.45) is 5.92 Å². The average Bonchev–Trinajstić information content (AvgIpc) is 3.05. The minimum atomic E-state index is -0.962. The highest BCUT2D eigenvalue weighted by molar-refractivity contribution is 5.94. The Labute approximate surface area is 129 Å². The first-order chi connectivity index (χ1) is 10.6. The molecule has 1 aromatic carbocycles. The van der Waals surface area contributed by atoms with Crippen LogP contribution in [0.1, 0.15) is 35.2 Å². The molecule has 3 atom stereocenters. The highest BCUT2D eigenvalue weighted by atomic mass is 19.1. The lowest BCUT2D eigenvalue weighted by molar-refractivity contribution is -0.133. The van der Waals surface area contributed by atoms with E-state index in [4.69, 9.17) is 0 Å². The van der Waals surface area contributed by atoms with E-state index in [9.17, 15) is 14.0 Å². The molecule has 2 aliphatic rings. The third-order valence-corrected chi connectivity index (χ3v) is 4.47. The second-order valence-corrected chi connectivity index (χ2v) is 6.27. The number of hydrogen-bond donors (Lipinski definition) is 1. The zero-order valence-electron chi connectivity index (χ0n) is 12.7. The highest BCUT2D eigenvalue weighted by Crippen LogP contribution is 2.37. The smallest absolute Gasteiger partial charge is 0.251 e. The monoisotopic (exact) mass is 304 g/mol. The summed E-state index contributed by atoms with van der Waals surface area (Å²) >= 11 is 0. The van der Waals surface area contributed by atoms with Gasteiger partial charge in [-0.05, 0) is 38.3 Å². The summed E-state index contributed by atoms with van der Waals surface area (Å²) in [5.41, 5.74) is 1.66. The van der Waals surface area contributed by atoms with E-state index in [0.717, 1.165) is 18.4 Å². The van der Waals surface area contributed by atoms with E-state index in [1.54, 1.807) is 11.0 Å². The Hall–Kier alpha value is -1.91. The van der Waals surface area contributed by atoms with Crippen LogP contribution in [0.4, 0.5) is 4.39 Å². The molecule has 0 bridgehead atoms. The molecule has 1 aliphatic heterocycles. The van der Waals surface area contributed by atoms with Gasteiger partial charge in [-0.2, -0.15) is 0 Å². The van der Waals surface area contributed by atoms with Crippen molar-refractivity contribution in [2.75, 3.05) is 13.1 Å². The summed E-state index contributed by atoms with van der Waals surface area (Å²) in [6, 6.07) is 7.40. The average molecular weight is 304 g/mol. The van der Waals surface area contributed by atoms with Gasteiger partial charge < -0.3 is 10.2 Å². The van der Waals surface area contributed by atoms with Crippen molar-refractivity contribution in [1.82, 2.24) is 10.2 Å². The van der Waals surface area contributed by atoms with Crippen LogP contribution in [0.2, 0.25) is 0 Å². The standard InChI is InChI=1S/C17H21FN2O2/c1-11-4-2-5-12(8-11)16(21)19-10-13-6-3-7-20(13)17(22)14-9-15(14)18/h2,4-5,8,13-15H,3,6-7,9-10H2,1H3,(H,19,21)/t13-,14-,15-/m1/s1. The van der Waals surface area contributed by atoms with Crippen LogP contribution in [-0.4, -0.2) is 42.0 Å². The Balaban J connectivity index is 1.56. The zero-order valence-corrected chi connectivity index (χ0v) is 12.7. The molecule has 2 fully saturated rings. The van der Waals surface area contributed by atoms with Crippen molar-refractivity contribution in [3.05, 3.63) is 35.4 Å². The molecule has 0 aromatic heterocycles. The molecule has 0 radical (unpaired) electrons. The normalized spacial score (nSPS) is 26.8. The predicted octanol–water partition coefficient (Wildman–Crippen LogP) is 2.07. The summed E-state index contributed by atoms with van der Waals surface area (Å²) in [4.78, 5) is 26.1. The number of alkyl halides is 1. The van der Waals surface area contributed by atoms with Gasteiger partial charge in [0.1, 0.15) is 6.17 Å². The van der Waals surface area contributed by atoms with Gasteiger partial charge in [0.15, 0.2) is 0 Å². The lowest BCUT2D eigenvalue weighted by Crippen LogP contribution is -2.44. The van der Waals surface area contributed by atoms with Crippen molar-refractivity contribution in [2.45, 2.75) is 38.4 Å². The highest BCUT2D eigenvalue weighted by Gasteiger charge is 2.47. The van der Waals surface area contributed by atoms with Gasteiger partial charge in [0.2, 0.25) is 5.91 Å². The van der Waals surface area contributed by atoms with Crippen LogP contribution in [0.25, 0.3) is 0 Å². The van der Waals surface area contributed by atoms with E-state index in [-0.39, 0.29) is 17.9 Å². The first kappa shape index (κ1) is 15.0. The number of rotatable bonds is 4. The van der Waals surface area contributed by atoms with Crippen molar-refractivity contribution < 1.29 is 14.0 Å². The molecule has 1 saturated carbocycles. The fourth-order valence-electron chi connectivity index (χ4n) is 3.07. The van der Waals surface area contributed by atoms with Gasteiger partial charge in [-0.15, -0.1) is 0 Å². The second kappa shape index (κ2) is 6.07. The van der Waals surface area contributed by atoms with E-state index in [2.05, 4.69) is 5.32 Å². The summed E-state index contributed by atoms with van der Waals surface area (Å²) in [5, 5.41) is 2.90. The van der Waals surface area contributed by atoms with Crippen LogP contribution in [0.3, 0.4) is 0 Å². The first-order valence-electron chi connectivity index (χ1n) is 7.85. The third-order valence-electron chi connectivity index (χ3n) is 4.47. The summed E-state index contributed by atoms with van der Waals surface area (Å²) < 4.78 is 13.1. The Bertz CT molecular complexity index is 590. The SMILES string of the molecule is Cc1cccc(C(=O)NC[C@H]2CCCN2C(=O)[C@@H]2C[C@H]2F)c1. The fraction of sp³-hybridized carbons (Fsp3) is 0.529. The van der Waals surface area contributed by atoms with Gasteiger partial charge in [-0.1, -0.05) is 17.7 Å². The predicted molar refractivity (Wildman–Crippen MR) is 81.3 cm³/mol. The van der Waals surface area contributed by atoms with Gasteiger partial charge >= 0.3 is 0 Å². The van der Waals surface area contributed by atoms with E-state index in [1.165, 1.54) is 0 Å². The molecule has 118 valence electrons.